The lowest BCUT2D eigenvalue weighted by Gasteiger charge is -1.92. The topological polar surface area (TPSA) is 77.8 Å². The zero-order valence-corrected chi connectivity index (χ0v) is 7.97. The molecule has 1 aromatic carbocycles. The highest BCUT2D eigenvalue weighted by Gasteiger charge is 1.99. The van der Waals surface area contributed by atoms with Gasteiger partial charge in [0.15, 0.2) is 0 Å². The van der Waals surface area contributed by atoms with Gasteiger partial charge in [-0.1, -0.05) is 6.92 Å². The number of phenolic OH excluding ortho intramolecular Hbond substituents is 1. The zero-order chi connectivity index (χ0) is 11.0. The Balaban J connectivity index is 0.000000364. The van der Waals surface area contributed by atoms with Crippen LogP contribution in [0, 0.1) is 0 Å². The van der Waals surface area contributed by atoms with E-state index in [4.69, 9.17) is 15.3 Å². The quantitative estimate of drug-likeness (QED) is 0.672. The van der Waals surface area contributed by atoms with E-state index in [0.717, 1.165) is 6.42 Å². The molecule has 78 valence electrons. The van der Waals surface area contributed by atoms with Crippen molar-refractivity contribution in [3.05, 3.63) is 29.8 Å². The molecule has 0 amide bonds. The minimum Gasteiger partial charge on any atom is -0.508 e. The van der Waals surface area contributed by atoms with E-state index >= 15 is 0 Å². The summed E-state index contributed by atoms with van der Waals surface area (Å²) in [5.74, 6) is -0.912. The predicted octanol–water partition coefficient (Wildman–Crippen LogP) is 1.48. The fraction of sp³-hybridized carbons (Fsp3) is 0.300. The summed E-state index contributed by atoms with van der Waals surface area (Å²) in [7, 11) is 0. The summed E-state index contributed by atoms with van der Waals surface area (Å²) < 4.78 is 0. The lowest BCUT2D eigenvalue weighted by Crippen LogP contribution is -1.93. The Hall–Kier alpha value is -1.55. The van der Waals surface area contributed by atoms with Gasteiger partial charge in [-0.25, -0.2) is 4.79 Å². The molecule has 0 bridgehead atoms. The average molecular weight is 198 g/mol. The number of rotatable bonds is 2. The summed E-state index contributed by atoms with van der Waals surface area (Å²) in [6, 6.07) is 5.36. The monoisotopic (exact) mass is 198 g/mol. The van der Waals surface area contributed by atoms with Crippen LogP contribution in [-0.4, -0.2) is 27.9 Å². The van der Waals surface area contributed by atoms with Crippen LogP contribution in [0.2, 0.25) is 0 Å². The first-order valence-electron chi connectivity index (χ1n) is 4.25. The molecule has 0 aliphatic rings. The molecule has 0 saturated heterocycles. The van der Waals surface area contributed by atoms with E-state index in [1.54, 1.807) is 0 Å². The maximum absolute atomic E-state index is 10.2. The van der Waals surface area contributed by atoms with E-state index in [-0.39, 0.29) is 11.3 Å². The van der Waals surface area contributed by atoms with Crippen molar-refractivity contribution in [1.29, 1.82) is 0 Å². The Morgan fingerprint density at radius 1 is 1.29 bits per heavy atom. The third-order valence-corrected chi connectivity index (χ3v) is 1.34. The fourth-order valence-electron chi connectivity index (χ4n) is 0.604. The third kappa shape index (κ3) is 5.16. The van der Waals surface area contributed by atoms with Gasteiger partial charge in [-0.05, 0) is 30.7 Å². The minimum atomic E-state index is -0.986. The van der Waals surface area contributed by atoms with Crippen molar-refractivity contribution < 1.29 is 20.1 Å². The highest BCUT2D eigenvalue weighted by Crippen LogP contribution is 2.08. The Morgan fingerprint density at radius 3 is 2.00 bits per heavy atom. The minimum absolute atomic E-state index is 0.0741. The van der Waals surface area contributed by atoms with Crippen LogP contribution in [0.4, 0.5) is 0 Å². The van der Waals surface area contributed by atoms with Gasteiger partial charge in [-0.2, -0.15) is 0 Å². The Morgan fingerprint density at radius 2 is 1.71 bits per heavy atom. The molecule has 1 rings (SSSR count). The summed E-state index contributed by atoms with van der Waals surface area (Å²) >= 11 is 0. The zero-order valence-electron chi connectivity index (χ0n) is 7.97. The van der Waals surface area contributed by atoms with Crippen LogP contribution in [0.3, 0.4) is 0 Å². The second kappa shape index (κ2) is 6.91. The van der Waals surface area contributed by atoms with E-state index in [2.05, 4.69) is 0 Å². The molecule has 0 fully saturated rings. The number of aliphatic hydroxyl groups is 1. The maximum atomic E-state index is 10.2. The second-order valence-corrected chi connectivity index (χ2v) is 2.58. The van der Waals surface area contributed by atoms with Crippen LogP contribution in [0.1, 0.15) is 23.7 Å². The van der Waals surface area contributed by atoms with E-state index in [1.165, 1.54) is 24.3 Å². The molecule has 0 spiro atoms. The van der Waals surface area contributed by atoms with Gasteiger partial charge in [-0.3, -0.25) is 0 Å². The number of aromatic carboxylic acids is 1. The molecule has 14 heavy (non-hydrogen) atoms. The van der Waals surface area contributed by atoms with Gasteiger partial charge in [0.2, 0.25) is 0 Å². The van der Waals surface area contributed by atoms with Gasteiger partial charge in [0, 0.05) is 6.61 Å². The van der Waals surface area contributed by atoms with Crippen molar-refractivity contribution in [3.8, 4) is 5.75 Å². The molecule has 0 aromatic heterocycles. The lowest BCUT2D eigenvalue weighted by molar-refractivity contribution is 0.0697. The average Bonchev–Trinajstić information content (AvgIpc) is 2.19. The van der Waals surface area contributed by atoms with Crippen molar-refractivity contribution >= 4 is 5.97 Å². The Kier molecular flexibility index (Phi) is 6.15. The van der Waals surface area contributed by atoms with E-state index < -0.39 is 5.97 Å². The lowest BCUT2D eigenvalue weighted by atomic mass is 10.2. The highest BCUT2D eigenvalue weighted by molar-refractivity contribution is 5.87. The number of carbonyl (C=O) groups is 1. The highest BCUT2D eigenvalue weighted by atomic mass is 16.4. The summed E-state index contributed by atoms with van der Waals surface area (Å²) in [5.41, 5.74) is 0.179. The van der Waals surface area contributed by atoms with Crippen LogP contribution in [-0.2, 0) is 0 Å². The van der Waals surface area contributed by atoms with Crippen molar-refractivity contribution in [3.63, 3.8) is 0 Å². The molecule has 3 N–H and O–H groups in total. The number of aliphatic hydroxyl groups excluding tert-OH is 1. The second-order valence-electron chi connectivity index (χ2n) is 2.58. The summed E-state index contributed by atoms with van der Waals surface area (Å²) in [5, 5.41) is 25.0. The van der Waals surface area contributed by atoms with Gasteiger partial charge in [0.25, 0.3) is 0 Å². The molecule has 0 aliphatic heterocycles. The first-order valence-corrected chi connectivity index (χ1v) is 4.25. The van der Waals surface area contributed by atoms with Crippen LogP contribution in [0.25, 0.3) is 0 Å². The fourth-order valence-corrected chi connectivity index (χ4v) is 0.604. The molecule has 0 radical (unpaired) electrons. The molecular weight excluding hydrogens is 184 g/mol. The molecular formula is C10H14O4. The largest absolute Gasteiger partial charge is 0.508 e. The van der Waals surface area contributed by atoms with Gasteiger partial charge in [0.1, 0.15) is 5.75 Å². The molecule has 0 saturated carbocycles. The van der Waals surface area contributed by atoms with Crippen LogP contribution >= 0.6 is 0 Å². The molecule has 4 nitrogen and oxygen atoms in total. The molecule has 0 atom stereocenters. The van der Waals surface area contributed by atoms with Gasteiger partial charge >= 0.3 is 5.97 Å². The normalized spacial score (nSPS) is 8.71. The standard InChI is InChI=1S/C7H6O3.C3H8O/c8-6-3-1-5(2-4-6)7(9)10;1-2-3-4/h1-4,8H,(H,9,10);4H,2-3H2,1H3. The molecule has 4 heteroatoms. The Labute approximate surface area is 82.4 Å². The van der Waals surface area contributed by atoms with Crippen molar-refractivity contribution in [1.82, 2.24) is 0 Å². The summed E-state index contributed by atoms with van der Waals surface area (Å²) in [6.07, 6.45) is 0.875. The van der Waals surface area contributed by atoms with Gasteiger partial charge in [0.05, 0.1) is 5.56 Å². The van der Waals surface area contributed by atoms with Crippen LogP contribution < -0.4 is 0 Å². The van der Waals surface area contributed by atoms with Crippen molar-refractivity contribution in [2.45, 2.75) is 13.3 Å². The number of hydrogen-bond acceptors (Lipinski definition) is 3. The van der Waals surface area contributed by atoms with Crippen LogP contribution in [0.5, 0.6) is 5.75 Å². The predicted molar refractivity (Wildman–Crippen MR) is 52.4 cm³/mol. The van der Waals surface area contributed by atoms with E-state index in [0.29, 0.717) is 6.61 Å². The van der Waals surface area contributed by atoms with Gasteiger partial charge < -0.3 is 15.3 Å². The Bertz CT molecular complexity index is 264. The van der Waals surface area contributed by atoms with Crippen molar-refractivity contribution in [2.24, 2.45) is 0 Å². The maximum Gasteiger partial charge on any atom is 0.335 e. The molecule has 1 aromatic rings. The van der Waals surface area contributed by atoms with E-state index in [9.17, 15) is 4.79 Å². The number of phenols is 1. The number of carboxylic acids is 1. The van der Waals surface area contributed by atoms with Crippen molar-refractivity contribution in [2.75, 3.05) is 6.61 Å². The number of hydrogen-bond donors (Lipinski definition) is 3. The SMILES string of the molecule is CCCO.O=C(O)c1ccc(O)cc1. The molecule has 0 heterocycles. The third-order valence-electron chi connectivity index (χ3n) is 1.34. The number of carboxylic acid groups (broad SMARTS) is 1. The first kappa shape index (κ1) is 12.4. The van der Waals surface area contributed by atoms with Gasteiger partial charge in [-0.15, -0.1) is 0 Å². The molecule has 0 aliphatic carbocycles. The molecule has 0 unspecified atom stereocenters. The smallest absolute Gasteiger partial charge is 0.335 e. The number of aromatic hydroxyl groups is 1. The first-order chi connectivity index (χ1) is 6.61. The summed E-state index contributed by atoms with van der Waals surface area (Å²) in [4.78, 5) is 10.2. The number of benzene rings is 1. The van der Waals surface area contributed by atoms with Crippen LogP contribution in [0.15, 0.2) is 24.3 Å². The summed E-state index contributed by atoms with van der Waals surface area (Å²) in [6.45, 7) is 2.25. The van der Waals surface area contributed by atoms with E-state index in [1.807, 2.05) is 6.92 Å².